The summed E-state index contributed by atoms with van der Waals surface area (Å²) in [7, 11) is -8.01. The lowest BCUT2D eigenvalue weighted by atomic mass is 10.1. The molecule has 7 rings (SSSR count). The maximum atomic E-state index is 14.5. The van der Waals surface area contributed by atoms with Crippen LogP contribution < -0.4 is 24.7 Å². The van der Waals surface area contributed by atoms with E-state index in [0.717, 1.165) is 21.5 Å². The Morgan fingerprint density at radius 3 is 1.94 bits per heavy atom. The monoisotopic (exact) mass is 908 g/mol. The fourth-order valence-corrected chi connectivity index (χ4v) is 9.63. The zero-order valence-electron chi connectivity index (χ0n) is 35.3. The average Bonchev–Trinajstić information content (AvgIpc) is 3.80. The molecular formula is C47H49FN6O8S2. The van der Waals surface area contributed by atoms with Gasteiger partial charge in [-0.2, -0.15) is 4.94 Å². The summed E-state index contributed by atoms with van der Waals surface area (Å²) in [5, 5.41) is 16.1. The highest BCUT2D eigenvalue weighted by atomic mass is 32.2. The zero-order valence-corrected chi connectivity index (χ0v) is 37.0. The van der Waals surface area contributed by atoms with E-state index in [1.165, 1.54) is 33.8 Å². The summed E-state index contributed by atoms with van der Waals surface area (Å²) < 4.78 is 71.6. The second-order valence-corrected chi connectivity index (χ2v) is 18.5. The lowest BCUT2D eigenvalue weighted by molar-refractivity contribution is -0.112. The Morgan fingerprint density at radius 1 is 0.750 bits per heavy atom. The molecule has 2 heterocycles. The number of halogens is 1. The lowest BCUT2D eigenvalue weighted by Crippen LogP contribution is -2.37. The predicted molar refractivity (Wildman–Crippen MR) is 243 cm³/mol. The van der Waals surface area contributed by atoms with Gasteiger partial charge < -0.3 is 15.7 Å². The Hall–Kier alpha value is -6.79. The van der Waals surface area contributed by atoms with Crippen LogP contribution >= 0.6 is 0 Å². The largest absolute Gasteiger partial charge is 0.394 e. The van der Waals surface area contributed by atoms with Crippen LogP contribution in [0.1, 0.15) is 59.0 Å². The molecule has 1 atom stereocenters. The van der Waals surface area contributed by atoms with Crippen molar-refractivity contribution in [2.45, 2.75) is 57.3 Å². The molecular weight excluding hydrogens is 860 g/mol. The van der Waals surface area contributed by atoms with Gasteiger partial charge in [0.05, 0.1) is 53.8 Å². The molecule has 0 unspecified atom stereocenters. The van der Waals surface area contributed by atoms with E-state index in [1.54, 1.807) is 105 Å². The van der Waals surface area contributed by atoms with Gasteiger partial charge in [0.2, 0.25) is 0 Å². The van der Waals surface area contributed by atoms with Gasteiger partial charge in [-0.15, -0.1) is 0 Å². The molecule has 334 valence electrons. The number of benzene rings is 5. The fraction of sp³-hybridized carbons (Fsp3) is 0.191. The van der Waals surface area contributed by atoms with Gasteiger partial charge in [-0.25, -0.2) is 31.8 Å². The van der Waals surface area contributed by atoms with Gasteiger partial charge >= 0.3 is 0 Å². The number of rotatable bonds is 16. The highest BCUT2D eigenvalue weighted by Gasteiger charge is 2.35. The number of allylic oxidation sites excluding steroid dienone is 2. The Morgan fingerprint density at radius 2 is 1.34 bits per heavy atom. The molecule has 0 bridgehead atoms. The number of amides is 2. The van der Waals surface area contributed by atoms with Crippen LogP contribution in [0.15, 0.2) is 174 Å². The quantitative estimate of drug-likeness (QED) is 0.0816. The van der Waals surface area contributed by atoms with Crippen molar-refractivity contribution in [1.82, 2.24) is 21.2 Å². The number of hydrogen-bond acceptors (Lipinski definition) is 10. The average molecular weight is 909 g/mol. The molecule has 17 heteroatoms. The smallest absolute Gasteiger partial charge is 0.266 e. The van der Waals surface area contributed by atoms with Crippen LogP contribution in [0.2, 0.25) is 0 Å². The molecule has 2 amide bonds. The van der Waals surface area contributed by atoms with E-state index in [0.29, 0.717) is 23.4 Å². The number of carbonyl (C=O) groups excluding carboxylic acids is 2. The summed E-state index contributed by atoms with van der Waals surface area (Å²) in [6.45, 7) is 5.31. The van der Waals surface area contributed by atoms with Crippen molar-refractivity contribution in [1.29, 1.82) is 0 Å². The third kappa shape index (κ3) is 11.2. The van der Waals surface area contributed by atoms with E-state index >= 15 is 0 Å². The molecule has 0 saturated heterocycles. The van der Waals surface area contributed by atoms with Crippen molar-refractivity contribution < 1.29 is 40.9 Å². The number of carbonyl (C=O) groups is 2. The van der Waals surface area contributed by atoms with E-state index in [9.17, 15) is 35.9 Å². The summed E-state index contributed by atoms with van der Waals surface area (Å²) in [5.74, 6) is -1.72. The van der Waals surface area contributed by atoms with Gasteiger partial charge in [0.1, 0.15) is 16.4 Å². The van der Waals surface area contributed by atoms with Gasteiger partial charge in [0, 0.05) is 17.8 Å². The predicted octanol–water partition coefficient (Wildman–Crippen LogP) is 6.89. The molecule has 0 saturated carbocycles. The van der Waals surface area contributed by atoms with Crippen molar-refractivity contribution in [2.24, 2.45) is 0 Å². The topological polar surface area (TPSA) is 178 Å². The number of fused-ring (bicyclic) bond motifs is 1. The summed E-state index contributed by atoms with van der Waals surface area (Å²) in [6, 6.07) is 36.2. The summed E-state index contributed by atoms with van der Waals surface area (Å²) in [6.07, 6.45) is 6.59. The fourth-order valence-electron chi connectivity index (χ4n) is 6.55. The van der Waals surface area contributed by atoms with Crippen molar-refractivity contribution in [3.8, 4) is 0 Å². The minimum atomic E-state index is -4.15. The second kappa shape index (κ2) is 21.1. The van der Waals surface area contributed by atoms with Gasteiger partial charge in [0.15, 0.2) is 0 Å². The molecule has 4 N–H and O–H groups in total. The molecule has 0 fully saturated rings. The molecule has 14 nitrogen and oxygen atoms in total. The molecule has 5 aromatic rings. The van der Waals surface area contributed by atoms with Crippen LogP contribution in [0.5, 0.6) is 0 Å². The van der Waals surface area contributed by atoms with Gasteiger partial charge in [-0.1, -0.05) is 91.9 Å². The van der Waals surface area contributed by atoms with Gasteiger partial charge in [0.25, 0.3) is 31.9 Å². The summed E-state index contributed by atoms with van der Waals surface area (Å²) in [4.78, 5) is 30.5. The number of aliphatic hydroxyl groups excluding tert-OH is 1. The minimum Gasteiger partial charge on any atom is -0.394 e. The summed E-state index contributed by atoms with van der Waals surface area (Å²) in [5.41, 5.74) is 5.00. The van der Waals surface area contributed by atoms with Crippen molar-refractivity contribution >= 4 is 43.2 Å². The lowest BCUT2D eigenvalue weighted by Gasteiger charge is -2.28. The standard InChI is InChI=1S/C24H26N2O4S.C23H23FN4O4S/c1-2-21(18-27)25-24(28)20-12-9-13-22(16-20)26(17-19-10-5-3-6-11-19)31(29,30)23-14-7-4-8-15-23;1-16(2)26-23(29)19-13-18(10-11-20(19)24)28(15-17-7-4-3-5-8-17)33(30,31)22-9-6-12-27-21(22)14-25-32-27/h3-16,21,27H,2,17-18H2,1H3,(H,25,28);3-14,16,25H,15H2,1-2H3,(H,26,29)/t21-;/m1./s1. The first-order valence-electron chi connectivity index (χ1n) is 20.3. The molecule has 0 aromatic heterocycles. The Balaban J connectivity index is 0.000000213. The van der Waals surface area contributed by atoms with E-state index in [-0.39, 0.29) is 58.7 Å². The maximum absolute atomic E-state index is 14.5. The molecule has 0 spiro atoms. The van der Waals surface area contributed by atoms with Crippen molar-refractivity contribution in [3.05, 3.63) is 197 Å². The SMILES string of the molecule is CC(C)NC(=O)c1cc(N(Cc2ccccc2)S(=O)(=O)C2=CC=CN3ONC=C23)ccc1F.CC[C@H](CO)NC(=O)c1cccc(N(Cc2ccccc2)S(=O)(=O)c2ccccc2)c1. The molecule has 2 aliphatic heterocycles. The number of anilines is 2. The molecule has 0 radical (unpaired) electrons. The van der Waals surface area contributed by atoms with E-state index in [4.69, 9.17) is 4.94 Å². The van der Waals surface area contributed by atoms with Crippen molar-refractivity contribution in [2.75, 3.05) is 15.2 Å². The molecule has 0 aliphatic carbocycles. The minimum absolute atomic E-state index is 0.0107. The zero-order chi connectivity index (χ0) is 45.9. The number of aliphatic hydroxyl groups is 1. The third-order valence-corrected chi connectivity index (χ3v) is 13.5. The first-order valence-corrected chi connectivity index (χ1v) is 23.2. The van der Waals surface area contributed by atoms with E-state index < -0.39 is 31.8 Å². The number of nitrogens with zero attached hydrogens (tertiary/aromatic N) is 3. The molecule has 2 aliphatic rings. The highest BCUT2D eigenvalue weighted by molar-refractivity contribution is 7.96. The molecule has 5 aromatic carbocycles. The van der Waals surface area contributed by atoms with E-state index in [2.05, 4.69) is 16.1 Å². The second-order valence-electron chi connectivity index (χ2n) is 14.8. The van der Waals surface area contributed by atoms with Crippen LogP contribution in [0.4, 0.5) is 15.8 Å². The van der Waals surface area contributed by atoms with Gasteiger partial charge in [-0.05, 0) is 92.1 Å². The van der Waals surface area contributed by atoms with Crippen LogP contribution in [0.3, 0.4) is 0 Å². The molecule has 64 heavy (non-hydrogen) atoms. The number of hydrogen-bond donors (Lipinski definition) is 4. The maximum Gasteiger partial charge on any atom is 0.266 e. The number of hydroxylamine groups is 3. The van der Waals surface area contributed by atoms with Crippen LogP contribution in [-0.4, -0.2) is 57.5 Å². The van der Waals surface area contributed by atoms with Crippen LogP contribution in [-0.2, 0) is 38.1 Å². The number of nitrogens with one attached hydrogen (secondary N) is 3. The Kier molecular flexibility index (Phi) is 15.4. The van der Waals surface area contributed by atoms with Crippen molar-refractivity contribution in [3.63, 3.8) is 0 Å². The van der Waals surface area contributed by atoms with Crippen LogP contribution in [0.25, 0.3) is 0 Å². The summed E-state index contributed by atoms with van der Waals surface area (Å²) >= 11 is 0. The van der Waals surface area contributed by atoms with Gasteiger partial charge in [-0.3, -0.25) is 18.2 Å². The third-order valence-electron chi connectivity index (χ3n) is 9.89. The first-order chi connectivity index (χ1) is 30.7. The van der Waals surface area contributed by atoms with E-state index in [1.807, 2.05) is 43.3 Å². The number of sulfonamides is 2. The normalized spacial score (nSPS) is 13.6. The van der Waals surface area contributed by atoms with Crippen LogP contribution in [0, 0.1) is 5.82 Å². The highest BCUT2D eigenvalue weighted by Crippen LogP contribution is 2.34. The first kappa shape index (κ1) is 46.7. The Bertz CT molecular complexity index is 2730. The Labute approximate surface area is 373 Å².